The van der Waals surface area contributed by atoms with E-state index in [0.717, 1.165) is 5.56 Å². The summed E-state index contributed by atoms with van der Waals surface area (Å²) in [5.41, 5.74) is 1.86. The Kier molecular flexibility index (Phi) is 6.41. The molecule has 2 aromatic rings. The third-order valence-electron chi connectivity index (χ3n) is 5.00. The van der Waals surface area contributed by atoms with Gasteiger partial charge in [0.2, 0.25) is 5.91 Å². The zero-order chi connectivity index (χ0) is 20.1. The van der Waals surface area contributed by atoms with E-state index in [0.29, 0.717) is 37.4 Å². The third kappa shape index (κ3) is 4.57. The molecule has 148 valence electrons. The van der Waals surface area contributed by atoms with Crippen LogP contribution < -0.4 is 5.32 Å². The van der Waals surface area contributed by atoms with Gasteiger partial charge in [-0.3, -0.25) is 9.59 Å². The summed E-state index contributed by atoms with van der Waals surface area (Å²) in [6.45, 7) is 5.48. The van der Waals surface area contributed by atoms with Gasteiger partial charge in [-0.2, -0.15) is 0 Å². The SMILES string of the molecule is CCC(C(=O)Nc1cccc(C(=O)N2CCOCC2C)c1)c1ccc(F)cc1. The zero-order valence-corrected chi connectivity index (χ0v) is 16.2. The summed E-state index contributed by atoms with van der Waals surface area (Å²) in [7, 11) is 0. The van der Waals surface area contributed by atoms with Crippen LogP contribution in [0.5, 0.6) is 0 Å². The van der Waals surface area contributed by atoms with Crippen LogP contribution in [-0.2, 0) is 9.53 Å². The molecule has 2 amide bonds. The lowest BCUT2D eigenvalue weighted by atomic mass is 9.95. The van der Waals surface area contributed by atoms with Crippen LogP contribution in [0.1, 0.15) is 42.1 Å². The number of carbonyl (C=O) groups excluding carboxylic acids is 2. The van der Waals surface area contributed by atoms with Gasteiger partial charge in [-0.25, -0.2) is 4.39 Å². The molecular formula is C22H25FN2O3. The second-order valence-electron chi connectivity index (χ2n) is 7.00. The molecule has 0 saturated carbocycles. The van der Waals surface area contributed by atoms with Gasteiger partial charge in [-0.1, -0.05) is 25.1 Å². The van der Waals surface area contributed by atoms with Gasteiger partial charge in [0.05, 0.1) is 25.2 Å². The molecule has 0 aliphatic carbocycles. The van der Waals surface area contributed by atoms with E-state index in [4.69, 9.17) is 4.74 Å². The van der Waals surface area contributed by atoms with E-state index in [1.54, 1.807) is 41.3 Å². The van der Waals surface area contributed by atoms with Gasteiger partial charge < -0.3 is 15.0 Å². The Morgan fingerprint density at radius 1 is 1.25 bits per heavy atom. The van der Waals surface area contributed by atoms with E-state index in [-0.39, 0.29) is 29.6 Å². The molecule has 2 aromatic carbocycles. The molecule has 1 aliphatic rings. The molecular weight excluding hydrogens is 359 g/mol. The summed E-state index contributed by atoms with van der Waals surface area (Å²) >= 11 is 0. The van der Waals surface area contributed by atoms with Gasteiger partial charge in [0, 0.05) is 17.8 Å². The van der Waals surface area contributed by atoms with Crippen molar-refractivity contribution in [1.29, 1.82) is 0 Å². The zero-order valence-electron chi connectivity index (χ0n) is 16.2. The highest BCUT2D eigenvalue weighted by molar-refractivity contribution is 5.99. The predicted molar refractivity (Wildman–Crippen MR) is 106 cm³/mol. The molecule has 0 spiro atoms. The van der Waals surface area contributed by atoms with E-state index in [1.165, 1.54) is 12.1 Å². The molecule has 1 fully saturated rings. The van der Waals surface area contributed by atoms with E-state index in [2.05, 4.69) is 5.32 Å². The number of ether oxygens (including phenoxy) is 1. The van der Waals surface area contributed by atoms with E-state index < -0.39 is 0 Å². The summed E-state index contributed by atoms with van der Waals surface area (Å²) in [6, 6.07) is 12.9. The van der Waals surface area contributed by atoms with Crippen LogP contribution in [0.15, 0.2) is 48.5 Å². The number of amides is 2. The number of morpholine rings is 1. The molecule has 28 heavy (non-hydrogen) atoms. The van der Waals surface area contributed by atoms with Crippen molar-refractivity contribution in [3.8, 4) is 0 Å². The van der Waals surface area contributed by atoms with Crippen LogP contribution in [0.3, 0.4) is 0 Å². The van der Waals surface area contributed by atoms with Gasteiger partial charge in [-0.15, -0.1) is 0 Å². The first-order valence-electron chi connectivity index (χ1n) is 9.54. The highest BCUT2D eigenvalue weighted by Crippen LogP contribution is 2.23. The fourth-order valence-electron chi connectivity index (χ4n) is 3.42. The number of nitrogens with zero attached hydrogens (tertiary/aromatic N) is 1. The number of hydrogen-bond donors (Lipinski definition) is 1. The van der Waals surface area contributed by atoms with Crippen molar-refractivity contribution in [1.82, 2.24) is 4.90 Å². The highest BCUT2D eigenvalue weighted by Gasteiger charge is 2.25. The second-order valence-corrected chi connectivity index (χ2v) is 7.00. The van der Waals surface area contributed by atoms with Gasteiger partial charge in [-0.05, 0) is 49.2 Å². The van der Waals surface area contributed by atoms with Gasteiger partial charge in [0.1, 0.15) is 5.82 Å². The van der Waals surface area contributed by atoms with Crippen LogP contribution in [0.25, 0.3) is 0 Å². The summed E-state index contributed by atoms with van der Waals surface area (Å²) in [4.78, 5) is 27.4. The Morgan fingerprint density at radius 3 is 2.68 bits per heavy atom. The van der Waals surface area contributed by atoms with Crippen molar-refractivity contribution in [3.05, 3.63) is 65.5 Å². The molecule has 1 heterocycles. The topological polar surface area (TPSA) is 58.6 Å². The average molecular weight is 384 g/mol. The van der Waals surface area contributed by atoms with E-state index in [1.807, 2.05) is 13.8 Å². The Hall–Kier alpha value is -2.73. The fraction of sp³-hybridized carbons (Fsp3) is 0.364. The molecule has 2 atom stereocenters. The molecule has 6 heteroatoms. The minimum absolute atomic E-state index is 0.0162. The number of carbonyl (C=O) groups is 2. The quantitative estimate of drug-likeness (QED) is 0.853. The first-order valence-corrected chi connectivity index (χ1v) is 9.54. The molecule has 1 saturated heterocycles. The lowest BCUT2D eigenvalue weighted by Crippen LogP contribution is -2.47. The Balaban J connectivity index is 1.73. The molecule has 1 aliphatic heterocycles. The number of nitrogens with one attached hydrogen (secondary N) is 1. The average Bonchev–Trinajstić information content (AvgIpc) is 2.70. The van der Waals surface area contributed by atoms with Crippen LogP contribution in [-0.4, -0.2) is 42.5 Å². The Labute approximate surface area is 164 Å². The Bertz CT molecular complexity index is 838. The number of benzene rings is 2. The molecule has 0 radical (unpaired) electrons. The minimum Gasteiger partial charge on any atom is -0.377 e. The summed E-state index contributed by atoms with van der Waals surface area (Å²) in [5, 5.41) is 2.89. The highest BCUT2D eigenvalue weighted by atomic mass is 19.1. The molecule has 1 N–H and O–H groups in total. The normalized spacial score (nSPS) is 17.8. The second kappa shape index (κ2) is 8.97. The lowest BCUT2D eigenvalue weighted by molar-refractivity contribution is -0.117. The van der Waals surface area contributed by atoms with Gasteiger partial charge in [0.15, 0.2) is 0 Å². The first-order chi connectivity index (χ1) is 13.5. The van der Waals surface area contributed by atoms with E-state index >= 15 is 0 Å². The first kappa shape index (κ1) is 20.0. The van der Waals surface area contributed by atoms with Crippen molar-refractivity contribution in [2.24, 2.45) is 0 Å². The molecule has 3 rings (SSSR count). The van der Waals surface area contributed by atoms with Gasteiger partial charge >= 0.3 is 0 Å². The lowest BCUT2D eigenvalue weighted by Gasteiger charge is -2.33. The van der Waals surface area contributed by atoms with Crippen LogP contribution >= 0.6 is 0 Å². The molecule has 5 nitrogen and oxygen atoms in total. The summed E-state index contributed by atoms with van der Waals surface area (Å²) in [6.07, 6.45) is 0.585. The van der Waals surface area contributed by atoms with E-state index in [9.17, 15) is 14.0 Å². The van der Waals surface area contributed by atoms with Crippen molar-refractivity contribution >= 4 is 17.5 Å². The van der Waals surface area contributed by atoms with Crippen LogP contribution in [0, 0.1) is 5.82 Å². The summed E-state index contributed by atoms with van der Waals surface area (Å²) < 4.78 is 18.5. The van der Waals surface area contributed by atoms with Crippen LogP contribution in [0.4, 0.5) is 10.1 Å². The minimum atomic E-state index is -0.390. The Morgan fingerprint density at radius 2 is 2.00 bits per heavy atom. The molecule has 2 unspecified atom stereocenters. The predicted octanol–water partition coefficient (Wildman–Crippen LogP) is 3.82. The van der Waals surface area contributed by atoms with Crippen molar-refractivity contribution in [2.75, 3.05) is 25.1 Å². The standard InChI is InChI=1S/C22H25FN2O3/c1-3-20(16-7-9-18(23)10-8-16)21(26)24-19-6-4-5-17(13-19)22(27)25-11-12-28-14-15(25)2/h4-10,13,15,20H,3,11-12,14H2,1-2H3,(H,24,26). The number of rotatable bonds is 5. The number of anilines is 1. The smallest absolute Gasteiger partial charge is 0.254 e. The molecule has 0 aromatic heterocycles. The largest absolute Gasteiger partial charge is 0.377 e. The maximum Gasteiger partial charge on any atom is 0.254 e. The molecule has 0 bridgehead atoms. The third-order valence-corrected chi connectivity index (χ3v) is 5.00. The van der Waals surface area contributed by atoms with Crippen molar-refractivity contribution < 1.29 is 18.7 Å². The van der Waals surface area contributed by atoms with Gasteiger partial charge in [0.25, 0.3) is 5.91 Å². The van der Waals surface area contributed by atoms with Crippen LogP contribution in [0.2, 0.25) is 0 Å². The monoisotopic (exact) mass is 384 g/mol. The van der Waals surface area contributed by atoms with Crippen molar-refractivity contribution in [2.45, 2.75) is 32.2 Å². The van der Waals surface area contributed by atoms with Crippen molar-refractivity contribution in [3.63, 3.8) is 0 Å². The number of hydrogen-bond acceptors (Lipinski definition) is 3. The maximum atomic E-state index is 13.2. The fourth-order valence-corrected chi connectivity index (χ4v) is 3.42. The maximum absolute atomic E-state index is 13.2. The summed E-state index contributed by atoms with van der Waals surface area (Å²) in [5.74, 6) is -0.974. The number of halogens is 1.